The monoisotopic (exact) mass is 325 g/mol. The third-order valence-electron chi connectivity index (χ3n) is 4.52. The summed E-state index contributed by atoms with van der Waals surface area (Å²) in [7, 11) is -3.11. The number of halogens is 1. The predicted octanol–water partition coefficient (Wildman–Crippen LogP) is 1.39. The van der Waals surface area contributed by atoms with Gasteiger partial charge in [0.1, 0.15) is 11.1 Å². The van der Waals surface area contributed by atoms with Gasteiger partial charge in [0.05, 0.1) is 24.9 Å². The van der Waals surface area contributed by atoms with Crippen molar-refractivity contribution >= 4 is 33.0 Å². The Morgan fingerprint density at radius 1 is 1.43 bits per heavy atom. The first-order valence-electron chi connectivity index (χ1n) is 7.12. The van der Waals surface area contributed by atoms with Gasteiger partial charge in [-0.2, -0.15) is 0 Å². The Hall–Kier alpha value is -1.27. The van der Waals surface area contributed by atoms with Crippen LogP contribution in [0.15, 0.2) is 23.2 Å². The van der Waals surface area contributed by atoms with Crippen molar-refractivity contribution in [3.63, 3.8) is 0 Å². The van der Waals surface area contributed by atoms with Gasteiger partial charge < -0.3 is 10.2 Å². The first kappa shape index (κ1) is 13.4. The number of anilines is 1. The smallest absolute Gasteiger partial charge is 0.159 e. The SMILES string of the molecule is O=S1(=O)CCC2C1c1c(Cl)cccc1N2CC1=NCCN1. The maximum atomic E-state index is 12.4. The van der Waals surface area contributed by atoms with Crippen LogP contribution in [0.4, 0.5) is 5.69 Å². The molecule has 3 aliphatic rings. The van der Waals surface area contributed by atoms with Crippen LogP contribution in [-0.2, 0) is 9.84 Å². The van der Waals surface area contributed by atoms with Gasteiger partial charge in [-0.3, -0.25) is 4.99 Å². The molecule has 2 unspecified atom stereocenters. The minimum atomic E-state index is -3.11. The highest BCUT2D eigenvalue weighted by molar-refractivity contribution is 7.92. The van der Waals surface area contributed by atoms with E-state index in [1.165, 1.54) is 0 Å². The number of amidine groups is 1. The summed E-state index contributed by atoms with van der Waals surface area (Å²) in [5.74, 6) is 1.18. The molecule has 1 N–H and O–H groups in total. The highest BCUT2D eigenvalue weighted by atomic mass is 35.5. The molecule has 2 atom stereocenters. The number of hydrogen-bond acceptors (Lipinski definition) is 5. The summed E-state index contributed by atoms with van der Waals surface area (Å²) in [6.45, 7) is 2.28. The van der Waals surface area contributed by atoms with Crippen molar-refractivity contribution in [2.45, 2.75) is 17.7 Å². The lowest BCUT2D eigenvalue weighted by Gasteiger charge is -2.26. The molecule has 7 heteroatoms. The summed E-state index contributed by atoms with van der Waals surface area (Å²) in [6.07, 6.45) is 0.658. The Kier molecular flexibility index (Phi) is 2.94. The number of hydrogen-bond donors (Lipinski definition) is 1. The van der Waals surface area contributed by atoms with Gasteiger partial charge in [-0.1, -0.05) is 17.7 Å². The van der Waals surface area contributed by atoms with Crippen molar-refractivity contribution in [3.05, 3.63) is 28.8 Å². The Bertz CT molecular complexity index is 732. The van der Waals surface area contributed by atoms with Crippen LogP contribution in [0.5, 0.6) is 0 Å². The largest absolute Gasteiger partial charge is 0.370 e. The fraction of sp³-hybridized carbons (Fsp3) is 0.500. The fourth-order valence-electron chi connectivity index (χ4n) is 3.65. The van der Waals surface area contributed by atoms with Crippen molar-refractivity contribution in [1.82, 2.24) is 5.32 Å². The molecule has 0 radical (unpaired) electrons. The third kappa shape index (κ3) is 1.96. The number of nitrogens with one attached hydrogen (secondary N) is 1. The molecule has 1 aromatic rings. The maximum absolute atomic E-state index is 12.4. The molecule has 1 aromatic carbocycles. The Labute approximate surface area is 128 Å². The molecule has 1 saturated heterocycles. The lowest BCUT2D eigenvalue weighted by Crippen LogP contribution is -2.39. The van der Waals surface area contributed by atoms with Crippen LogP contribution in [0.2, 0.25) is 5.02 Å². The minimum absolute atomic E-state index is 0.0185. The molecule has 0 spiro atoms. The molecule has 3 heterocycles. The van der Waals surface area contributed by atoms with E-state index in [9.17, 15) is 8.42 Å². The molecule has 3 aliphatic heterocycles. The van der Waals surface area contributed by atoms with Gasteiger partial charge in [0.2, 0.25) is 0 Å². The first-order valence-corrected chi connectivity index (χ1v) is 9.21. The lowest BCUT2D eigenvalue weighted by atomic mass is 10.1. The third-order valence-corrected chi connectivity index (χ3v) is 6.98. The van der Waals surface area contributed by atoms with Crippen LogP contribution < -0.4 is 10.2 Å². The zero-order chi connectivity index (χ0) is 14.6. The number of sulfone groups is 1. The lowest BCUT2D eigenvalue weighted by molar-refractivity contribution is 0.585. The zero-order valence-electron chi connectivity index (χ0n) is 11.4. The van der Waals surface area contributed by atoms with Gasteiger partial charge in [0, 0.05) is 22.8 Å². The van der Waals surface area contributed by atoms with Gasteiger partial charge in [0.15, 0.2) is 9.84 Å². The number of benzene rings is 1. The van der Waals surface area contributed by atoms with E-state index in [0.29, 0.717) is 18.0 Å². The van der Waals surface area contributed by atoms with Gasteiger partial charge in [-0.25, -0.2) is 8.42 Å². The molecule has 0 aliphatic carbocycles. The number of fused-ring (bicyclic) bond motifs is 3. The average Bonchev–Trinajstić information content (AvgIpc) is 3.11. The topological polar surface area (TPSA) is 61.8 Å². The number of aliphatic imine (C=N–C) groups is 1. The van der Waals surface area contributed by atoms with Gasteiger partial charge in [-0.05, 0) is 18.6 Å². The molecular weight excluding hydrogens is 310 g/mol. The van der Waals surface area contributed by atoms with Gasteiger partial charge >= 0.3 is 0 Å². The van der Waals surface area contributed by atoms with E-state index in [2.05, 4.69) is 15.2 Å². The van der Waals surface area contributed by atoms with E-state index in [1.807, 2.05) is 12.1 Å². The van der Waals surface area contributed by atoms with Crippen molar-refractivity contribution in [1.29, 1.82) is 0 Å². The van der Waals surface area contributed by atoms with E-state index in [4.69, 9.17) is 11.6 Å². The average molecular weight is 326 g/mol. The summed E-state index contributed by atoms with van der Waals surface area (Å²) in [5, 5.41) is 3.32. The summed E-state index contributed by atoms with van der Waals surface area (Å²) in [4.78, 5) is 6.59. The molecular formula is C14H16ClN3O2S. The number of nitrogens with zero attached hydrogens (tertiary/aromatic N) is 2. The standard InChI is InChI=1S/C14H16ClN3O2S/c15-9-2-1-3-10-13(9)14-11(4-7-21(14,19)20)18(10)8-12-16-5-6-17-12/h1-3,11,14H,4-8H2,(H,16,17). The molecule has 0 amide bonds. The summed E-state index contributed by atoms with van der Waals surface area (Å²) in [6, 6.07) is 5.60. The Morgan fingerprint density at radius 3 is 3.05 bits per heavy atom. The molecule has 5 nitrogen and oxygen atoms in total. The summed E-state index contributed by atoms with van der Waals surface area (Å²) >= 11 is 6.31. The van der Waals surface area contributed by atoms with E-state index in [1.54, 1.807) is 6.07 Å². The molecule has 0 bridgehead atoms. The fourth-order valence-corrected chi connectivity index (χ4v) is 6.19. The van der Waals surface area contributed by atoms with E-state index in [-0.39, 0.29) is 11.8 Å². The predicted molar refractivity (Wildman–Crippen MR) is 84.0 cm³/mol. The van der Waals surface area contributed by atoms with E-state index in [0.717, 1.165) is 30.2 Å². The van der Waals surface area contributed by atoms with Crippen molar-refractivity contribution in [2.75, 3.05) is 30.3 Å². The van der Waals surface area contributed by atoms with Crippen LogP contribution in [0.1, 0.15) is 17.2 Å². The normalized spacial score (nSPS) is 29.0. The second kappa shape index (κ2) is 4.61. The quantitative estimate of drug-likeness (QED) is 0.892. The molecule has 0 aromatic heterocycles. The van der Waals surface area contributed by atoms with Crippen molar-refractivity contribution < 1.29 is 8.42 Å². The molecule has 112 valence electrons. The second-order valence-electron chi connectivity index (χ2n) is 5.70. The second-order valence-corrected chi connectivity index (χ2v) is 8.35. The van der Waals surface area contributed by atoms with Crippen LogP contribution in [0.3, 0.4) is 0 Å². The maximum Gasteiger partial charge on any atom is 0.159 e. The number of rotatable bonds is 2. The summed E-state index contributed by atoms with van der Waals surface area (Å²) in [5.41, 5.74) is 1.72. The van der Waals surface area contributed by atoms with Gasteiger partial charge in [-0.15, -0.1) is 0 Å². The zero-order valence-corrected chi connectivity index (χ0v) is 13.0. The molecule has 0 saturated carbocycles. The molecule has 4 rings (SSSR count). The molecule has 1 fully saturated rings. The van der Waals surface area contributed by atoms with Crippen molar-refractivity contribution in [3.8, 4) is 0 Å². The van der Waals surface area contributed by atoms with E-state index < -0.39 is 15.1 Å². The van der Waals surface area contributed by atoms with Gasteiger partial charge in [0.25, 0.3) is 0 Å². The highest BCUT2D eigenvalue weighted by Gasteiger charge is 2.51. The van der Waals surface area contributed by atoms with Crippen LogP contribution >= 0.6 is 11.6 Å². The molecule has 21 heavy (non-hydrogen) atoms. The first-order chi connectivity index (χ1) is 10.1. The highest BCUT2D eigenvalue weighted by Crippen LogP contribution is 2.51. The van der Waals surface area contributed by atoms with Crippen LogP contribution in [0.25, 0.3) is 0 Å². The summed E-state index contributed by atoms with van der Waals surface area (Å²) < 4.78 is 24.8. The minimum Gasteiger partial charge on any atom is -0.370 e. The van der Waals surface area contributed by atoms with Crippen molar-refractivity contribution in [2.24, 2.45) is 4.99 Å². The Balaban J connectivity index is 1.81. The Morgan fingerprint density at radius 2 is 2.29 bits per heavy atom. The van der Waals surface area contributed by atoms with Crippen LogP contribution in [0, 0.1) is 0 Å². The van der Waals surface area contributed by atoms with Crippen LogP contribution in [-0.4, -0.2) is 45.7 Å². The van der Waals surface area contributed by atoms with E-state index >= 15 is 0 Å².